The molecular weight excluding hydrogens is 376 g/mol. The fourth-order valence-electron chi connectivity index (χ4n) is 2.22. The Morgan fingerprint density at radius 1 is 0.818 bits per heavy atom. The minimum atomic E-state index is 0.349. The summed E-state index contributed by atoms with van der Waals surface area (Å²) in [6.07, 6.45) is 0. The Bertz CT molecular complexity index is 757. The van der Waals surface area contributed by atoms with E-state index in [1.54, 1.807) is 23.3 Å². The van der Waals surface area contributed by atoms with Crippen molar-refractivity contribution in [2.75, 3.05) is 0 Å². The van der Waals surface area contributed by atoms with Crippen molar-refractivity contribution in [3.05, 3.63) is 84.9 Å². The van der Waals surface area contributed by atoms with E-state index in [2.05, 4.69) is 61.1 Å². The Balaban J connectivity index is 0.000000163. The van der Waals surface area contributed by atoms with Crippen LogP contribution in [-0.4, -0.2) is 14.7 Å². The summed E-state index contributed by atoms with van der Waals surface area (Å²) < 4.78 is 0. The maximum absolute atomic E-state index is 2.37. The van der Waals surface area contributed by atoms with Crippen LogP contribution in [0.3, 0.4) is 0 Å². The molecule has 0 saturated heterocycles. The molecule has 4 rings (SSSR count). The van der Waals surface area contributed by atoms with Crippen LogP contribution in [0.5, 0.6) is 0 Å². The van der Waals surface area contributed by atoms with Gasteiger partial charge >= 0.3 is 44.6 Å². The predicted octanol–water partition coefficient (Wildman–Crippen LogP) is 4.13. The van der Waals surface area contributed by atoms with Gasteiger partial charge in [-0.1, -0.05) is 36.4 Å². The Morgan fingerprint density at radius 3 is 1.59 bits per heavy atom. The molecule has 22 heavy (non-hydrogen) atoms. The molecule has 0 atom stereocenters. The summed E-state index contributed by atoms with van der Waals surface area (Å²) in [5.74, 6) is 0. The predicted molar refractivity (Wildman–Crippen MR) is 101 cm³/mol. The van der Waals surface area contributed by atoms with Crippen LogP contribution < -0.4 is 0 Å². The number of fused-ring (bicyclic) bond motifs is 3. The van der Waals surface area contributed by atoms with Gasteiger partial charge in [0.2, 0.25) is 0 Å². The SMILES string of the molecule is C[Si]([SiH3])=[Zr+2].c1cc[cH-]c1.c1ccc2c(c1)[cH-]c1ccccc12. The molecule has 0 amide bonds. The van der Waals surface area contributed by atoms with Crippen LogP contribution in [0.1, 0.15) is 0 Å². The summed E-state index contributed by atoms with van der Waals surface area (Å²) in [6, 6.07) is 29.3. The second kappa shape index (κ2) is 9.19. The maximum atomic E-state index is 2.37. The Kier molecular flexibility index (Phi) is 7.24. The van der Waals surface area contributed by atoms with E-state index < -0.39 is 0 Å². The van der Waals surface area contributed by atoms with Crippen molar-refractivity contribution in [2.24, 2.45) is 0 Å². The van der Waals surface area contributed by atoms with Crippen LogP contribution in [0.2, 0.25) is 6.55 Å². The van der Waals surface area contributed by atoms with Crippen LogP contribution in [0, 0.1) is 0 Å². The molecule has 0 fully saturated rings. The summed E-state index contributed by atoms with van der Waals surface area (Å²) in [4.78, 5) is 0.349. The zero-order chi connectivity index (χ0) is 15.8. The molecule has 0 heterocycles. The van der Waals surface area contributed by atoms with E-state index in [1.165, 1.54) is 31.3 Å². The second-order valence-corrected chi connectivity index (χ2v) is 26.5. The number of benzene rings is 2. The standard InChI is InChI=1S/C13H9.C5H5.CH6Si2.Zr/c1-3-7-12-10(5-1)9-11-6-2-4-8-13(11)12;1-2-4-5-3-1;1-3-2;/h1-9H;1-5H;1-2H3;/q2*-1;;+2. The number of hydrogen-bond donors (Lipinski definition) is 0. The fourth-order valence-corrected chi connectivity index (χ4v) is 2.22. The maximum Gasteiger partial charge on any atom is -0.0771 e. The first kappa shape index (κ1) is 17.3. The zero-order valence-electron chi connectivity index (χ0n) is 13.1. The van der Waals surface area contributed by atoms with Gasteiger partial charge in [-0.15, -0.1) is 39.7 Å². The minimum absolute atomic E-state index is 0.349. The van der Waals surface area contributed by atoms with E-state index in [9.17, 15) is 0 Å². The molecule has 0 saturated carbocycles. The van der Waals surface area contributed by atoms with Crippen molar-refractivity contribution in [2.45, 2.75) is 6.55 Å². The second-order valence-electron chi connectivity index (χ2n) is 5.28. The molecule has 108 valence electrons. The quantitative estimate of drug-likeness (QED) is 0.310. The Hall–Kier alpha value is -1.02. The molecule has 3 heteroatoms. The fraction of sp³-hybridized carbons (Fsp3) is 0.0526. The first-order chi connectivity index (χ1) is 10.7. The number of hydrogen-bond acceptors (Lipinski definition) is 0. The molecule has 0 N–H and O–H groups in total. The van der Waals surface area contributed by atoms with Gasteiger partial charge in [-0.05, 0) is 0 Å². The molecule has 0 unspecified atom stereocenters. The summed E-state index contributed by atoms with van der Waals surface area (Å²) in [7, 11) is 1.49. The molecule has 0 bridgehead atoms. The van der Waals surface area contributed by atoms with Gasteiger partial charge in [0, 0.05) is 0 Å². The molecule has 0 aromatic heterocycles. The molecule has 0 aliphatic rings. The van der Waals surface area contributed by atoms with E-state index in [1.807, 2.05) is 30.3 Å². The van der Waals surface area contributed by atoms with Gasteiger partial charge in [0.15, 0.2) is 0 Å². The Labute approximate surface area is 150 Å². The van der Waals surface area contributed by atoms with Gasteiger partial charge in [0.05, 0.1) is 0 Å². The third-order valence-electron chi connectivity index (χ3n) is 3.08. The van der Waals surface area contributed by atoms with Crippen LogP contribution in [0.4, 0.5) is 0 Å². The summed E-state index contributed by atoms with van der Waals surface area (Å²) in [5.41, 5.74) is 0. The topological polar surface area (TPSA) is 0 Å². The smallest absolute Gasteiger partial charge is 0.0771 e. The van der Waals surface area contributed by atoms with Gasteiger partial charge in [0.1, 0.15) is 0 Å². The van der Waals surface area contributed by atoms with E-state index in [-0.39, 0.29) is 0 Å². The summed E-state index contributed by atoms with van der Waals surface area (Å²) in [5, 5.41) is 5.39. The van der Waals surface area contributed by atoms with Gasteiger partial charge in [0.25, 0.3) is 0 Å². The average Bonchev–Trinajstić information content (AvgIpc) is 3.18. The molecule has 0 radical (unpaired) electrons. The van der Waals surface area contributed by atoms with Gasteiger partial charge in [-0.2, -0.15) is 18.2 Å². The van der Waals surface area contributed by atoms with Gasteiger partial charge < -0.3 is 0 Å². The molecule has 4 aromatic carbocycles. The van der Waals surface area contributed by atoms with Gasteiger partial charge in [-0.3, -0.25) is 0 Å². The van der Waals surface area contributed by atoms with Crippen molar-refractivity contribution >= 4 is 36.3 Å². The summed E-state index contributed by atoms with van der Waals surface area (Å²) in [6.45, 7) is 2.37. The largest absolute Gasteiger partial charge is 0.214 e. The van der Waals surface area contributed by atoms with E-state index in [0.717, 1.165) is 0 Å². The van der Waals surface area contributed by atoms with E-state index in [4.69, 9.17) is 0 Å². The van der Waals surface area contributed by atoms with E-state index in [0.29, 0.717) is 4.95 Å². The number of rotatable bonds is 0. The van der Waals surface area contributed by atoms with Crippen LogP contribution >= 0.6 is 0 Å². The van der Waals surface area contributed by atoms with Crippen LogP contribution in [0.25, 0.3) is 21.5 Å². The average molecular weight is 396 g/mol. The first-order valence-electron chi connectivity index (χ1n) is 7.40. The van der Waals surface area contributed by atoms with E-state index >= 15 is 0 Å². The van der Waals surface area contributed by atoms with Crippen molar-refractivity contribution in [3.8, 4) is 0 Å². The van der Waals surface area contributed by atoms with Crippen LogP contribution in [0.15, 0.2) is 84.9 Å². The van der Waals surface area contributed by atoms with Crippen molar-refractivity contribution < 1.29 is 23.3 Å². The molecule has 0 aliphatic carbocycles. The zero-order valence-corrected chi connectivity index (χ0v) is 18.5. The van der Waals surface area contributed by atoms with Crippen molar-refractivity contribution in [1.82, 2.24) is 0 Å². The molecular formula is C19H20Si2Zr. The Morgan fingerprint density at radius 2 is 1.23 bits per heavy atom. The van der Waals surface area contributed by atoms with Crippen LogP contribution in [-0.2, 0) is 23.3 Å². The molecule has 0 nitrogen and oxygen atoms in total. The third-order valence-corrected chi connectivity index (χ3v) is 3.08. The summed E-state index contributed by atoms with van der Waals surface area (Å²) >= 11 is 1.80. The molecule has 0 aliphatic heterocycles. The van der Waals surface area contributed by atoms with Crippen molar-refractivity contribution in [1.29, 1.82) is 0 Å². The van der Waals surface area contributed by atoms with Crippen molar-refractivity contribution in [3.63, 3.8) is 0 Å². The van der Waals surface area contributed by atoms with Gasteiger partial charge in [-0.25, -0.2) is 12.1 Å². The monoisotopic (exact) mass is 394 g/mol. The minimum Gasteiger partial charge on any atom is -0.214 e. The normalized spacial score (nSPS) is 9.77. The molecule has 0 spiro atoms. The molecule has 4 aromatic rings. The first-order valence-corrected chi connectivity index (χ1v) is 16.6. The third kappa shape index (κ3) is 5.31.